The Morgan fingerprint density at radius 3 is 2.55 bits per heavy atom. The topological polar surface area (TPSA) is 9.23 Å². The lowest BCUT2D eigenvalue weighted by Gasteiger charge is -2.51. The van der Waals surface area contributed by atoms with Crippen LogP contribution in [-0.4, -0.2) is 10.9 Å². The van der Waals surface area contributed by atoms with Gasteiger partial charge in [0, 0.05) is 10.2 Å². The van der Waals surface area contributed by atoms with Crippen LogP contribution in [0.15, 0.2) is 18.2 Å². The summed E-state index contributed by atoms with van der Waals surface area (Å²) in [6.07, 6.45) is 6.97. The largest absolute Gasteiger partial charge is 0.489 e. The van der Waals surface area contributed by atoms with Crippen LogP contribution in [0.3, 0.4) is 0 Å². The summed E-state index contributed by atoms with van der Waals surface area (Å²) in [5.74, 6) is 1.66. The predicted octanol–water partition coefficient (Wildman–Crippen LogP) is 5.59. The smallest absolute Gasteiger partial charge is 0.122 e. The first kappa shape index (κ1) is 14.4. The van der Waals surface area contributed by atoms with Crippen molar-refractivity contribution in [2.24, 2.45) is 5.41 Å². The van der Waals surface area contributed by atoms with Crippen LogP contribution in [0, 0.1) is 12.3 Å². The number of hydrogen-bond acceptors (Lipinski definition) is 1. The van der Waals surface area contributed by atoms with Crippen LogP contribution in [0.4, 0.5) is 0 Å². The molecule has 0 aliphatic heterocycles. The zero-order chi connectivity index (χ0) is 14.3. The fourth-order valence-corrected chi connectivity index (χ4v) is 4.88. The predicted molar refractivity (Wildman–Crippen MR) is 87.9 cm³/mol. The zero-order valence-corrected chi connectivity index (χ0v) is 14.4. The molecule has 1 spiro atoms. The first-order valence-corrected chi connectivity index (χ1v) is 8.86. The van der Waals surface area contributed by atoms with Crippen molar-refractivity contribution in [1.29, 1.82) is 0 Å². The maximum atomic E-state index is 6.45. The Hall–Kier alpha value is -0.500. The standard InChI is InChI=1S/C18H25BrO/c1-12(2)14-7-6-13(3)15(10-14)20-17-11-16(19)18(17)8-4-5-9-18/h6-7,10,12,16-17H,4-5,8-9,11H2,1-3H3. The van der Waals surface area contributed by atoms with Gasteiger partial charge in [-0.05, 0) is 49.3 Å². The highest BCUT2D eigenvalue weighted by Crippen LogP contribution is 2.57. The van der Waals surface area contributed by atoms with E-state index in [0.717, 1.165) is 12.2 Å². The molecular formula is C18H25BrO. The van der Waals surface area contributed by atoms with Crippen LogP contribution in [-0.2, 0) is 0 Å². The van der Waals surface area contributed by atoms with Crippen molar-refractivity contribution < 1.29 is 4.74 Å². The second-order valence-corrected chi connectivity index (χ2v) is 8.03. The maximum absolute atomic E-state index is 6.45. The van der Waals surface area contributed by atoms with Crippen LogP contribution in [0.2, 0.25) is 0 Å². The highest BCUT2D eigenvalue weighted by atomic mass is 79.9. The average molecular weight is 337 g/mol. The van der Waals surface area contributed by atoms with E-state index in [9.17, 15) is 0 Å². The highest BCUT2D eigenvalue weighted by molar-refractivity contribution is 9.09. The number of halogens is 1. The summed E-state index contributed by atoms with van der Waals surface area (Å²) >= 11 is 3.87. The number of hydrogen-bond donors (Lipinski definition) is 0. The molecule has 2 atom stereocenters. The van der Waals surface area contributed by atoms with Crippen molar-refractivity contribution in [2.75, 3.05) is 0 Å². The number of alkyl halides is 1. The quantitative estimate of drug-likeness (QED) is 0.653. The summed E-state index contributed by atoms with van der Waals surface area (Å²) in [6.45, 7) is 6.64. The van der Waals surface area contributed by atoms with E-state index >= 15 is 0 Å². The molecule has 0 amide bonds. The van der Waals surface area contributed by atoms with Gasteiger partial charge >= 0.3 is 0 Å². The minimum absolute atomic E-state index is 0.412. The van der Waals surface area contributed by atoms with Crippen molar-refractivity contribution in [2.45, 2.75) is 69.7 Å². The van der Waals surface area contributed by atoms with E-state index < -0.39 is 0 Å². The normalized spacial score (nSPS) is 27.9. The monoisotopic (exact) mass is 336 g/mol. The van der Waals surface area contributed by atoms with Gasteiger partial charge in [0.1, 0.15) is 11.9 Å². The van der Waals surface area contributed by atoms with Crippen LogP contribution in [0.25, 0.3) is 0 Å². The van der Waals surface area contributed by atoms with Crippen LogP contribution in [0.5, 0.6) is 5.75 Å². The van der Waals surface area contributed by atoms with E-state index in [1.54, 1.807) is 0 Å². The minimum atomic E-state index is 0.412. The van der Waals surface area contributed by atoms with Gasteiger partial charge in [-0.2, -0.15) is 0 Å². The van der Waals surface area contributed by atoms with Gasteiger partial charge in [-0.1, -0.05) is 54.8 Å². The molecule has 0 saturated heterocycles. The maximum Gasteiger partial charge on any atom is 0.122 e. The van der Waals surface area contributed by atoms with Crippen molar-refractivity contribution in [1.82, 2.24) is 0 Å². The molecule has 2 fully saturated rings. The molecule has 2 unspecified atom stereocenters. The summed E-state index contributed by atoms with van der Waals surface area (Å²) in [6, 6.07) is 6.69. The number of benzene rings is 1. The molecule has 1 aromatic rings. The van der Waals surface area contributed by atoms with Crippen LogP contribution >= 0.6 is 15.9 Å². The third-order valence-electron chi connectivity index (χ3n) is 5.37. The highest BCUT2D eigenvalue weighted by Gasteiger charge is 2.56. The van der Waals surface area contributed by atoms with E-state index in [0.29, 0.717) is 22.3 Å². The molecule has 2 heteroatoms. The Bertz CT molecular complexity index is 488. The molecule has 0 radical (unpaired) electrons. The first-order chi connectivity index (χ1) is 9.53. The molecule has 1 aromatic carbocycles. The lowest BCUT2D eigenvalue weighted by molar-refractivity contribution is -0.0308. The Morgan fingerprint density at radius 2 is 1.95 bits per heavy atom. The fraction of sp³-hybridized carbons (Fsp3) is 0.667. The third-order valence-corrected chi connectivity index (χ3v) is 6.65. The van der Waals surface area contributed by atoms with Crippen molar-refractivity contribution >= 4 is 15.9 Å². The SMILES string of the molecule is Cc1ccc(C(C)C)cc1OC1CC(Br)C12CCCC2. The Kier molecular flexibility index (Phi) is 3.87. The molecular weight excluding hydrogens is 312 g/mol. The minimum Gasteiger partial charge on any atom is -0.489 e. The Balaban J connectivity index is 1.80. The molecule has 0 heterocycles. The lowest BCUT2D eigenvalue weighted by Crippen LogP contribution is -2.55. The van der Waals surface area contributed by atoms with E-state index in [4.69, 9.17) is 4.74 Å². The first-order valence-electron chi connectivity index (χ1n) is 7.94. The Labute approximate surface area is 131 Å². The van der Waals surface area contributed by atoms with E-state index in [-0.39, 0.29) is 0 Å². The van der Waals surface area contributed by atoms with E-state index in [2.05, 4.69) is 54.9 Å². The lowest BCUT2D eigenvalue weighted by atomic mass is 9.64. The second-order valence-electron chi connectivity index (χ2n) is 6.93. The van der Waals surface area contributed by atoms with Gasteiger partial charge in [0.15, 0.2) is 0 Å². The summed E-state index contributed by atoms with van der Waals surface area (Å²) in [5.41, 5.74) is 3.06. The fourth-order valence-electron chi connectivity index (χ4n) is 3.79. The number of aryl methyl sites for hydroxylation is 1. The molecule has 2 aliphatic carbocycles. The summed E-state index contributed by atoms with van der Waals surface area (Å²) < 4.78 is 6.45. The van der Waals surface area contributed by atoms with Crippen molar-refractivity contribution in [3.05, 3.63) is 29.3 Å². The van der Waals surface area contributed by atoms with Gasteiger partial charge in [-0.25, -0.2) is 0 Å². The van der Waals surface area contributed by atoms with Gasteiger partial charge in [0.25, 0.3) is 0 Å². The summed E-state index contributed by atoms with van der Waals surface area (Å²) in [5, 5.41) is 0. The van der Waals surface area contributed by atoms with E-state index in [1.165, 1.54) is 36.8 Å². The molecule has 0 N–H and O–H groups in total. The van der Waals surface area contributed by atoms with Gasteiger partial charge in [0.2, 0.25) is 0 Å². The molecule has 0 aromatic heterocycles. The number of rotatable bonds is 3. The number of ether oxygens (including phenoxy) is 1. The molecule has 110 valence electrons. The Morgan fingerprint density at radius 1 is 1.25 bits per heavy atom. The molecule has 20 heavy (non-hydrogen) atoms. The molecule has 0 bridgehead atoms. The van der Waals surface area contributed by atoms with Crippen LogP contribution < -0.4 is 4.74 Å². The van der Waals surface area contributed by atoms with Gasteiger partial charge in [0.05, 0.1) is 0 Å². The van der Waals surface area contributed by atoms with E-state index in [1.807, 2.05) is 0 Å². The molecule has 2 saturated carbocycles. The van der Waals surface area contributed by atoms with Crippen molar-refractivity contribution in [3.63, 3.8) is 0 Å². The van der Waals surface area contributed by atoms with Gasteiger partial charge in [-0.15, -0.1) is 0 Å². The van der Waals surface area contributed by atoms with Gasteiger partial charge < -0.3 is 4.74 Å². The summed E-state index contributed by atoms with van der Waals surface area (Å²) in [7, 11) is 0. The van der Waals surface area contributed by atoms with Gasteiger partial charge in [-0.3, -0.25) is 0 Å². The molecule has 2 aliphatic rings. The van der Waals surface area contributed by atoms with Crippen LogP contribution in [0.1, 0.15) is 63.0 Å². The molecule has 3 rings (SSSR count). The molecule has 1 nitrogen and oxygen atoms in total. The second kappa shape index (κ2) is 5.36. The third kappa shape index (κ3) is 2.30. The summed E-state index contributed by atoms with van der Waals surface area (Å²) in [4.78, 5) is 0.663. The average Bonchev–Trinajstić information content (AvgIpc) is 2.92. The zero-order valence-electron chi connectivity index (χ0n) is 12.8. The van der Waals surface area contributed by atoms with Crippen molar-refractivity contribution in [3.8, 4) is 5.75 Å².